The van der Waals surface area contributed by atoms with Crippen molar-refractivity contribution in [1.82, 2.24) is 10.3 Å². The summed E-state index contributed by atoms with van der Waals surface area (Å²) < 4.78 is 0. The van der Waals surface area contributed by atoms with Crippen molar-refractivity contribution >= 4 is 22.9 Å². The van der Waals surface area contributed by atoms with Gasteiger partial charge in [0.05, 0.1) is 11.6 Å². The molecule has 0 radical (unpaired) electrons. The van der Waals surface area contributed by atoms with E-state index < -0.39 is 0 Å². The summed E-state index contributed by atoms with van der Waals surface area (Å²) in [5.74, 6) is -0.117. The molecule has 2 aromatic heterocycles. The van der Waals surface area contributed by atoms with Gasteiger partial charge in [0.25, 0.3) is 5.91 Å². The molecule has 5 heteroatoms. The molecule has 0 bridgehead atoms. The van der Waals surface area contributed by atoms with Crippen LogP contribution in [0.2, 0.25) is 0 Å². The normalized spacial score (nSPS) is 11.9. The lowest BCUT2D eigenvalue weighted by atomic mass is 10.2. The molecule has 0 saturated heterocycles. The number of rotatable bonds is 4. The van der Waals surface area contributed by atoms with Crippen LogP contribution in [0.3, 0.4) is 0 Å². The second-order valence-electron chi connectivity index (χ2n) is 3.88. The van der Waals surface area contributed by atoms with Crippen LogP contribution in [0.25, 0.3) is 0 Å². The van der Waals surface area contributed by atoms with Gasteiger partial charge in [-0.25, -0.2) is 0 Å². The number of carbonyl (C=O) groups excluding carboxylic acids is 1. The van der Waals surface area contributed by atoms with E-state index in [9.17, 15) is 4.79 Å². The topological polar surface area (TPSA) is 54.0 Å². The fraction of sp³-hybridized carbons (Fsp3) is 0.231. The largest absolute Gasteiger partial charge is 0.387 e. The maximum atomic E-state index is 12.1. The maximum Gasteiger partial charge on any atom is 0.255 e. The van der Waals surface area contributed by atoms with Crippen molar-refractivity contribution in [1.29, 1.82) is 0 Å². The Kier molecular flexibility index (Phi) is 3.94. The van der Waals surface area contributed by atoms with E-state index in [0.29, 0.717) is 5.56 Å². The summed E-state index contributed by atoms with van der Waals surface area (Å²) in [4.78, 5) is 17.3. The van der Waals surface area contributed by atoms with Crippen LogP contribution in [0.1, 0.15) is 28.2 Å². The number of hydrogen-bond acceptors (Lipinski definition) is 4. The van der Waals surface area contributed by atoms with E-state index >= 15 is 0 Å². The SMILES string of the molecule is CNc1ccncc1C(=O)NC(C)c1cccs1. The molecule has 0 fully saturated rings. The summed E-state index contributed by atoms with van der Waals surface area (Å²) in [5, 5.41) is 7.95. The van der Waals surface area contributed by atoms with Crippen LogP contribution in [-0.2, 0) is 0 Å². The maximum absolute atomic E-state index is 12.1. The molecule has 0 aliphatic carbocycles. The van der Waals surface area contributed by atoms with E-state index in [1.165, 1.54) is 0 Å². The minimum Gasteiger partial charge on any atom is -0.387 e. The monoisotopic (exact) mass is 261 g/mol. The van der Waals surface area contributed by atoms with Crippen LogP contribution >= 0.6 is 11.3 Å². The van der Waals surface area contributed by atoms with Gasteiger partial charge in [0.1, 0.15) is 0 Å². The van der Waals surface area contributed by atoms with E-state index in [1.54, 1.807) is 36.8 Å². The Hall–Kier alpha value is -1.88. The highest BCUT2D eigenvalue weighted by Crippen LogP contribution is 2.20. The molecule has 0 saturated carbocycles. The van der Waals surface area contributed by atoms with Crippen LogP contribution < -0.4 is 10.6 Å². The number of carbonyl (C=O) groups is 1. The molecule has 0 aliphatic heterocycles. The summed E-state index contributed by atoms with van der Waals surface area (Å²) in [7, 11) is 1.79. The Balaban J connectivity index is 2.12. The van der Waals surface area contributed by atoms with Crippen LogP contribution in [0, 0.1) is 0 Å². The lowest BCUT2D eigenvalue weighted by molar-refractivity contribution is 0.0941. The molecule has 1 unspecified atom stereocenters. The van der Waals surface area contributed by atoms with Gasteiger partial charge >= 0.3 is 0 Å². The average Bonchev–Trinajstić information content (AvgIpc) is 2.92. The van der Waals surface area contributed by atoms with Crippen molar-refractivity contribution in [2.24, 2.45) is 0 Å². The summed E-state index contributed by atoms with van der Waals surface area (Å²) in [5.41, 5.74) is 1.34. The molecule has 2 rings (SSSR count). The van der Waals surface area contributed by atoms with Gasteiger partial charge < -0.3 is 10.6 Å². The molecule has 0 spiro atoms. The molecule has 2 N–H and O–H groups in total. The smallest absolute Gasteiger partial charge is 0.255 e. The van der Waals surface area contributed by atoms with E-state index in [-0.39, 0.29) is 11.9 Å². The number of nitrogens with zero attached hydrogens (tertiary/aromatic N) is 1. The third kappa shape index (κ3) is 2.68. The Morgan fingerprint density at radius 2 is 2.28 bits per heavy atom. The first-order valence-electron chi connectivity index (χ1n) is 5.68. The number of anilines is 1. The van der Waals surface area contributed by atoms with Crippen LogP contribution in [0.15, 0.2) is 36.0 Å². The molecule has 2 aromatic rings. The van der Waals surface area contributed by atoms with Crippen molar-refractivity contribution in [2.75, 3.05) is 12.4 Å². The van der Waals surface area contributed by atoms with Crippen molar-refractivity contribution < 1.29 is 4.79 Å². The summed E-state index contributed by atoms with van der Waals surface area (Å²) in [6.45, 7) is 1.97. The lowest BCUT2D eigenvalue weighted by Crippen LogP contribution is -2.26. The lowest BCUT2D eigenvalue weighted by Gasteiger charge is -2.14. The van der Waals surface area contributed by atoms with Gasteiger partial charge in [-0.15, -0.1) is 11.3 Å². The molecule has 0 aliphatic rings. The van der Waals surface area contributed by atoms with Gasteiger partial charge in [0, 0.05) is 30.0 Å². The van der Waals surface area contributed by atoms with Crippen molar-refractivity contribution in [3.63, 3.8) is 0 Å². The van der Waals surface area contributed by atoms with Gasteiger partial charge in [-0.3, -0.25) is 9.78 Å². The van der Waals surface area contributed by atoms with Crippen LogP contribution in [0.4, 0.5) is 5.69 Å². The van der Waals surface area contributed by atoms with Crippen molar-refractivity contribution in [3.8, 4) is 0 Å². The highest BCUT2D eigenvalue weighted by molar-refractivity contribution is 7.10. The molecule has 4 nitrogen and oxygen atoms in total. The molecular formula is C13H15N3OS. The second kappa shape index (κ2) is 5.64. The minimum atomic E-state index is -0.117. The first-order valence-corrected chi connectivity index (χ1v) is 6.56. The molecule has 1 amide bonds. The Morgan fingerprint density at radius 3 is 2.94 bits per heavy atom. The quantitative estimate of drug-likeness (QED) is 0.889. The Labute approximate surface area is 110 Å². The summed E-state index contributed by atoms with van der Waals surface area (Å²) in [6, 6.07) is 5.77. The third-order valence-corrected chi connectivity index (χ3v) is 3.71. The first kappa shape index (κ1) is 12.6. The van der Waals surface area contributed by atoms with Gasteiger partial charge in [0.2, 0.25) is 0 Å². The molecule has 94 valence electrons. The first-order chi connectivity index (χ1) is 8.72. The third-order valence-electron chi connectivity index (χ3n) is 2.65. The highest BCUT2D eigenvalue weighted by atomic mass is 32.1. The standard InChI is InChI=1S/C13H15N3OS/c1-9(12-4-3-7-18-12)16-13(17)10-8-15-6-5-11(10)14-2/h3-9H,1-2H3,(H,14,15)(H,16,17). The number of pyridine rings is 1. The van der Waals surface area contributed by atoms with Crippen LogP contribution in [0.5, 0.6) is 0 Å². The van der Waals surface area contributed by atoms with E-state index in [2.05, 4.69) is 15.6 Å². The van der Waals surface area contributed by atoms with E-state index in [0.717, 1.165) is 10.6 Å². The number of nitrogens with one attached hydrogen (secondary N) is 2. The molecule has 2 heterocycles. The van der Waals surface area contributed by atoms with Gasteiger partial charge in [-0.2, -0.15) is 0 Å². The van der Waals surface area contributed by atoms with E-state index in [1.807, 2.05) is 24.4 Å². The van der Waals surface area contributed by atoms with Crippen LogP contribution in [-0.4, -0.2) is 17.9 Å². The number of amides is 1. The van der Waals surface area contributed by atoms with Gasteiger partial charge in [-0.1, -0.05) is 6.07 Å². The molecular weight excluding hydrogens is 246 g/mol. The van der Waals surface area contributed by atoms with E-state index in [4.69, 9.17) is 0 Å². The zero-order valence-electron chi connectivity index (χ0n) is 10.3. The Bertz CT molecular complexity index is 525. The predicted octanol–water partition coefficient (Wildman–Crippen LogP) is 2.68. The predicted molar refractivity (Wildman–Crippen MR) is 74.0 cm³/mol. The fourth-order valence-electron chi connectivity index (χ4n) is 1.68. The second-order valence-corrected chi connectivity index (χ2v) is 4.86. The van der Waals surface area contributed by atoms with Gasteiger partial charge in [-0.05, 0) is 24.4 Å². The minimum absolute atomic E-state index is 0.00223. The summed E-state index contributed by atoms with van der Waals surface area (Å²) >= 11 is 1.63. The number of thiophene rings is 1. The molecule has 0 aromatic carbocycles. The fourth-order valence-corrected chi connectivity index (χ4v) is 2.41. The Morgan fingerprint density at radius 1 is 1.44 bits per heavy atom. The van der Waals surface area contributed by atoms with Gasteiger partial charge in [0.15, 0.2) is 0 Å². The molecule has 18 heavy (non-hydrogen) atoms. The zero-order valence-corrected chi connectivity index (χ0v) is 11.1. The average molecular weight is 261 g/mol. The number of hydrogen-bond donors (Lipinski definition) is 2. The van der Waals surface area contributed by atoms with Crippen molar-refractivity contribution in [2.45, 2.75) is 13.0 Å². The van der Waals surface area contributed by atoms with Crippen molar-refractivity contribution in [3.05, 3.63) is 46.4 Å². The highest BCUT2D eigenvalue weighted by Gasteiger charge is 2.14. The zero-order chi connectivity index (χ0) is 13.0. The molecule has 1 atom stereocenters. The summed E-state index contributed by atoms with van der Waals surface area (Å²) in [6.07, 6.45) is 3.23. The number of aromatic nitrogens is 1.